The molecule has 0 aliphatic carbocycles. The minimum absolute atomic E-state index is 0.0522. The molecule has 6 nitrogen and oxygen atoms in total. The van der Waals surface area contributed by atoms with Crippen LogP contribution in [-0.4, -0.2) is 49.5 Å². The summed E-state index contributed by atoms with van der Waals surface area (Å²) in [5.74, 6) is -3.87. The lowest BCUT2D eigenvalue weighted by atomic mass is 10.3. The van der Waals surface area contributed by atoms with E-state index in [4.69, 9.17) is 15.3 Å². The molecule has 2 unspecified atom stereocenters. The van der Waals surface area contributed by atoms with Crippen LogP contribution in [0.4, 0.5) is 0 Å². The molecule has 86 valence electrons. The summed E-state index contributed by atoms with van der Waals surface area (Å²) in [6.45, 7) is 0. The maximum absolute atomic E-state index is 10.6. The monoisotopic (exact) mass is 254 g/mol. The van der Waals surface area contributed by atoms with Gasteiger partial charge in [0.25, 0.3) is 0 Å². The number of carbonyl (C=O) groups is 3. The zero-order chi connectivity index (χ0) is 12.0. The number of aliphatic carboxylic acids is 3. The summed E-state index contributed by atoms with van der Waals surface area (Å²) in [4.78, 5) is 31.5. The van der Waals surface area contributed by atoms with Gasteiger partial charge in [0.05, 0.1) is 6.42 Å². The molecule has 0 aromatic carbocycles. The number of hydrogen-bond donors (Lipinski definition) is 4. The van der Waals surface area contributed by atoms with Crippen LogP contribution in [0.15, 0.2) is 0 Å². The normalized spacial score (nSPS) is 14.2. The van der Waals surface area contributed by atoms with E-state index < -0.39 is 34.8 Å². The van der Waals surface area contributed by atoms with Gasteiger partial charge in [-0.1, -0.05) is 0 Å². The first-order chi connectivity index (χ1) is 6.88. The first kappa shape index (κ1) is 14.1. The van der Waals surface area contributed by atoms with Gasteiger partial charge in [-0.3, -0.25) is 14.4 Å². The predicted molar refractivity (Wildman–Crippen MR) is 56.5 cm³/mol. The fourth-order valence-electron chi connectivity index (χ4n) is 0.730. The van der Waals surface area contributed by atoms with Crippen molar-refractivity contribution in [3.8, 4) is 0 Å². The van der Waals surface area contributed by atoms with E-state index in [0.717, 1.165) is 0 Å². The van der Waals surface area contributed by atoms with E-state index in [-0.39, 0.29) is 5.75 Å². The molecule has 3 N–H and O–H groups in total. The fourth-order valence-corrected chi connectivity index (χ4v) is 2.10. The molecular weight excluding hydrogens is 244 g/mol. The van der Waals surface area contributed by atoms with E-state index in [0.29, 0.717) is 11.8 Å². The average molecular weight is 254 g/mol. The second-order valence-electron chi connectivity index (χ2n) is 2.57. The third-order valence-electron chi connectivity index (χ3n) is 1.41. The van der Waals surface area contributed by atoms with Gasteiger partial charge >= 0.3 is 17.9 Å². The highest BCUT2D eigenvalue weighted by molar-refractivity contribution is 8.02. The van der Waals surface area contributed by atoms with E-state index >= 15 is 0 Å². The highest BCUT2D eigenvalue weighted by Crippen LogP contribution is 2.22. The van der Waals surface area contributed by atoms with E-state index in [9.17, 15) is 14.4 Å². The molecule has 0 amide bonds. The van der Waals surface area contributed by atoms with Crippen molar-refractivity contribution in [1.82, 2.24) is 0 Å². The third kappa shape index (κ3) is 5.53. The van der Waals surface area contributed by atoms with Crippen molar-refractivity contribution >= 4 is 42.3 Å². The van der Waals surface area contributed by atoms with Crippen molar-refractivity contribution in [2.75, 3.05) is 5.75 Å². The van der Waals surface area contributed by atoms with Crippen LogP contribution in [0.3, 0.4) is 0 Å². The lowest BCUT2D eigenvalue weighted by Gasteiger charge is -2.14. The van der Waals surface area contributed by atoms with Gasteiger partial charge in [-0.2, -0.15) is 12.6 Å². The summed E-state index contributed by atoms with van der Waals surface area (Å²) < 4.78 is 0. The topological polar surface area (TPSA) is 112 Å². The van der Waals surface area contributed by atoms with Crippen molar-refractivity contribution in [1.29, 1.82) is 0 Å². The van der Waals surface area contributed by atoms with Gasteiger partial charge in [0.15, 0.2) is 0 Å². The Hall–Kier alpha value is -0.890. The number of carboxylic acids is 3. The molecule has 0 radical (unpaired) electrons. The molecule has 0 aromatic heterocycles. The summed E-state index contributed by atoms with van der Waals surface area (Å²) in [5.41, 5.74) is 0. The Morgan fingerprint density at radius 3 is 1.80 bits per heavy atom. The minimum Gasteiger partial charge on any atom is -0.481 e. The lowest BCUT2D eigenvalue weighted by Crippen LogP contribution is -2.28. The summed E-state index contributed by atoms with van der Waals surface area (Å²) in [6.07, 6.45) is -0.614. The van der Waals surface area contributed by atoms with Crippen LogP contribution >= 0.6 is 24.4 Å². The van der Waals surface area contributed by atoms with Crippen molar-refractivity contribution in [3.63, 3.8) is 0 Å². The number of carboxylic acid groups (broad SMARTS) is 3. The quantitative estimate of drug-likeness (QED) is 0.474. The van der Waals surface area contributed by atoms with Crippen LogP contribution < -0.4 is 0 Å². The SMILES string of the molecule is O=C(O)CC(SC(CS)C(=O)O)C(=O)O. The largest absolute Gasteiger partial charge is 0.481 e. The second kappa shape index (κ2) is 6.57. The van der Waals surface area contributed by atoms with Gasteiger partial charge in [-0.05, 0) is 0 Å². The van der Waals surface area contributed by atoms with Crippen LogP contribution in [0.1, 0.15) is 6.42 Å². The molecule has 0 heterocycles. The van der Waals surface area contributed by atoms with Gasteiger partial charge in [-0.25, -0.2) is 0 Å². The molecule has 0 saturated heterocycles. The Morgan fingerprint density at radius 1 is 1.07 bits per heavy atom. The van der Waals surface area contributed by atoms with Gasteiger partial charge in [0.1, 0.15) is 10.5 Å². The molecule has 0 rings (SSSR count). The summed E-state index contributed by atoms with van der Waals surface area (Å²) in [7, 11) is 0. The summed E-state index contributed by atoms with van der Waals surface area (Å²) >= 11 is 4.32. The van der Waals surface area contributed by atoms with E-state index in [1.54, 1.807) is 0 Å². The van der Waals surface area contributed by atoms with E-state index in [1.807, 2.05) is 0 Å². The van der Waals surface area contributed by atoms with E-state index in [1.165, 1.54) is 0 Å². The lowest BCUT2D eigenvalue weighted by molar-refractivity contribution is -0.143. The number of thioether (sulfide) groups is 1. The highest BCUT2D eigenvalue weighted by Gasteiger charge is 2.28. The van der Waals surface area contributed by atoms with Crippen LogP contribution in [0, 0.1) is 0 Å². The van der Waals surface area contributed by atoms with Crippen molar-refractivity contribution < 1.29 is 29.7 Å². The first-order valence-corrected chi connectivity index (χ1v) is 5.39. The molecular formula is C7H10O6S2. The van der Waals surface area contributed by atoms with Crippen LogP contribution in [-0.2, 0) is 14.4 Å². The van der Waals surface area contributed by atoms with Gasteiger partial charge in [-0.15, -0.1) is 11.8 Å². The van der Waals surface area contributed by atoms with Crippen LogP contribution in [0.5, 0.6) is 0 Å². The predicted octanol–water partition coefficient (Wildman–Crippen LogP) is 0.0305. The summed E-state index contributed by atoms with van der Waals surface area (Å²) in [6, 6.07) is 0. The molecule has 0 saturated carbocycles. The minimum atomic E-state index is -1.34. The van der Waals surface area contributed by atoms with Crippen molar-refractivity contribution in [3.05, 3.63) is 0 Å². The molecule has 0 fully saturated rings. The van der Waals surface area contributed by atoms with Crippen molar-refractivity contribution in [2.45, 2.75) is 16.9 Å². The summed E-state index contributed by atoms with van der Waals surface area (Å²) in [5, 5.41) is 23.4. The Balaban J connectivity index is 4.45. The maximum Gasteiger partial charge on any atom is 0.317 e. The molecule has 15 heavy (non-hydrogen) atoms. The van der Waals surface area contributed by atoms with Gasteiger partial charge < -0.3 is 15.3 Å². The zero-order valence-corrected chi connectivity index (χ0v) is 9.20. The Bertz CT molecular complexity index is 266. The Kier molecular flexibility index (Phi) is 6.18. The molecule has 0 spiro atoms. The smallest absolute Gasteiger partial charge is 0.317 e. The number of thiol groups is 1. The number of hydrogen-bond acceptors (Lipinski definition) is 5. The second-order valence-corrected chi connectivity index (χ2v) is 4.35. The van der Waals surface area contributed by atoms with Gasteiger partial charge in [0, 0.05) is 5.75 Å². The van der Waals surface area contributed by atoms with Crippen LogP contribution in [0.2, 0.25) is 0 Å². The molecule has 0 bridgehead atoms. The molecule has 0 aliphatic rings. The molecule has 2 atom stereocenters. The zero-order valence-electron chi connectivity index (χ0n) is 7.49. The average Bonchev–Trinajstić information content (AvgIpc) is 2.10. The fraction of sp³-hybridized carbons (Fsp3) is 0.571. The Morgan fingerprint density at radius 2 is 1.53 bits per heavy atom. The van der Waals surface area contributed by atoms with Crippen molar-refractivity contribution in [2.24, 2.45) is 0 Å². The highest BCUT2D eigenvalue weighted by atomic mass is 32.2. The van der Waals surface area contributed by atoms with E-state index in [2.05, 4.69) is 12.6 Å². The molecule has 8 heteroatoms. The molecule has 0 aliphatic heterocycles. The van der Waals surface area contributed by atoms with Crippen LogP contribution in [0.25, 0.3) is 0 Å². The first-order valence-electron chi connectivity index (χ1n) is 3.82. The number of rotatable bonds is 7. The maximum atomic E-state index is 10.6. The standard InChI is InChI=1S/C7H10O6S2/c8-5(9)1-3(6(10)11)15-4(2-14)7(12)13/h3-4,14H,1-2H2,(H,8,9)(H,10,11)(H,12,13). The Labute approximate surface area is 95.1 Å². The third-order valence-corrected chi connectivity index (χ3v) is 3.41. The van der Waals surface area contributed by atoms with Gasteiger partial charge in [0.2, 0.25) is 0 Å². The molecule has 0 aromatic rings.